The molecule has 9 heteroatoms. The number of pyridine rings is 1. The van der Waals surface area contributed by atoms with E-state index in [2.05, 4.69) is 15.3 Å². The number of rotatable bonds is 3. The molecule has 0 spiro atoms. The van der Waals surface area contributed by atoms with Crippen LogP contribution < -0.4 is 5.32 Å². The summed E-state index contributed by atoms with van der Waals surface area (Å²) in [5, 5.41) is 4.43. The monoisotopic (exact) mass is 432 g/mol. The molecule has 1 unspecified atom stereocenters. The lowest BCUT2D eigenvalue weighted by atomic mass is 10.0. The Labute approximate surface area is 172 Å². The molecule has 0 aliphatic carbocycles. The molecule has 0 bridgehead atoms. The molecule has 148 valence electrons. The van der Waals surface area contributed by atoms with Crippen LogP contribution in [0.15, 0.2) is 36.0 Å². The molecule has 4 aromatic rings. The largest absolute Gasteiger partial charge is 0.350 e. The molecule has 0 saturated carbocycles. The lowest BCUT2D eigenvalue weighted by Crippen LogP contribution is -2.30. The quantitative estimate of drug-likeness (QED) is 0.386. The number of benzene rings is 1. The smallest absolute Gasteiger partial charge is 0.176 e. The fraction of sp³-hybridized carbons (Fsp3) is 0.200. The number of nitrogens with zero attached hydrogens (tertiary/aromatic N) is 3. The Balaban J connectivity index is 1.58. The van der Waals surface area contributed by atoms with E-state index in [4.69, 9.17) is 0 Å². The summed E-state index contributed by atoms with van der Waals surface area (Å²) >= 11 is 2.62. The van der Waals surface area contributed by atoms with Gasteiger partial charge in [-0.3, -0.25) is 0 Å². The summed E-state index contributed by atoms with van der Waals surface area (Å²) in [6.45, 7) is 2.19. The van der Waals surface area contributed by atoms with Crippen LogP contribution in [0.5, 0.6) is 0 Å². The molecule has 4 heterocycles. The van der Waals surface area contributed by atoms with Crippen LogP contribution in [-0.2, 0) is 0 Å². The Morgan fingerprint density at radius 3 is 2.97 bits per heavy atom. The average Bonchev–Trinajstić information content (AvgIpc) is 3.34. The van der Waals surface area contributed by atoms with Gasteiger partial charge in [0.15, 0.2) is 11.6 Å². The van der Waals surface area contributed by atoms with Crippen LogP contribution in [0.3, 0.4) is 0 Å². The lowest BCUT2D eigenvalue weighted by Gasteiger charge is -2.25. The number of hydrogen-bond acceptors (Lipinski definition) is 6. The number of nitrogens with one attached hydrogen (secondary N) is 1. The zero-order chi connectivity index (χ0) is 20.1. The van der Waals surface area contributed by atoms with Crippen LogP contribution >= 0.6 is 22.7 Å². The minimum absolute atomic E-state index is 0.138. The first-order valence-corrected chi connectivity index (χ1v) is 10.7. The standard InChI is InChI=1S/C20H15F3N4S2/c1-10-11(3-2-6-27(10)23)15-7-12-14(4-5-24-20(12)29-15)26-18-13(21)8-16-19(17(18)22)25-9-28-16/h3-5,7-10H,2,6H2,1H3,(H,24,26). The molecule has 1 aliphatic heterocycles. The SMILES string of the molecule is CC1C(c2cc3c(Nc4c(F)cc5scnc5c4F)ccnc3s2)=CCCN1F. The molecule has 0 fully saturated rings. The fourth-order valence-corrected chi connectivity index (χ4v) is 5.38. The molecule has 0 amide bonds. The van der Waals surface area contributed by atoms with Crippen LogP contribution in [-0.4, -0.2) is 27.7 Å². The van der Waals surface area contributed by atoms with Crippen molar-refractivity contribution in [1.82, 2.24) is 15.1 Å². The Kier molecular flexibility index (Phi) is 4.53. The first-order chi connectivity index (χ1) is 14.0. The van der Waals surface area contributed by atoms with Gasteiger partial charge in [-0.15, -0.1) is 32.3 Å². The molecule has 5 rings (SSSR count). The normalized spacial score (nSPS) is 17.8. The lowest BCUT2D eigenvalue weighted by molar-refractivity contribution is 0.00454. The van der Waals surface area contributed by atoms with E-state index in [-0.39, 0.29) is 17.2 Å². The summed E-state index contributed by atoms with van der Waals surface area (Å²) in [6.07, 6.45) is 4.25. The minimum atomic E-state index is -0.724. The number of thiazole rings is 1. The summed E-state index contributed by atoms with van der Waals surface area (Å²) in [5.74, 6) is -1.41. The number of fused-ring (bicyclic) bond motifs is 2. The van der Waals surface area contributed by atoms with E-state index in [1.807, 2.05) is 19.1 Å². The van der Waals surface area contributed by atoms with Gasteiger partial charge in [-0.05, 0) is 37.1 Å². The van der Waals surface area contributed by atoms with Crippen molar-refractivity contribution in [2.75, 3.05) is 11.9 Å². The summed E-state index contributed by atoms with van der Waals surface area (Å²) < 4.78 is 43.8. The molecule has 1 N–H and O–H groups in total. The fourth-order valence-electron chi connectivity index (χ4n) is 3.54. The Hall–Kier alpha value is -2.49. The molecule has 29 heavy (non-hydrogen) atoms. The van der Waals surface area contributed by atoms with Crippen molar-refractivity contribution in [2.24, 2.45) is 0 Å². The van der Waals surface area contributed by atoms with Gasteiger partial charge in [0, 0.05) is 23.0 Å². The summed E-state index contributed by atoms with van der Waals surface area (Å²) in [6, 6.07) is 4.49. The topological polar surface area (TPSA) is 41.1 Å². The van der Waals surface area contributed by atoms with E-state index < -0.39 is 11.6 Å². The van der Waals surface area contributed by atoms with E-state index in [9.17, 15) is 13.3 Å². The molecule has 4 nitrogen and oxygen atoms in total. The molecule has 3 aromatic heterocycles. The number of anilines is 2. The molecular formula is C20H15F3N4S2. The highest BCUT2D eigenvalue weighted by Gasteiger charge is 2.24. The highest BCUT2D eigenvalue weighted by molar-refractivity contribution is 7.19. The van der Waals surface area contributed by atoms with Crippen molar-refractivity contribution in [3.8, 4) is 0 Å². The molecule has 1 aromatic carbocycles. The Bertz CT molecular complexity index is 1260. The summed E-state index contributed by atoms with van der Waals surface area (Å²) in [7, 11) is 0. The van der Waals surface area contributed by atoms with Crippen LogP contribution in [0.4, 0.5) is 24.6 Å². The van der Waals surface area contributed by atoms with Crippen molar-refractivity contribution < 1.29 is 13.3 Å². The highest BCUT2D eigenvalue weighted by Crippen LogP contribution is 2.39. The maximum atomic E-state index is 14.8. The third-order valence-electron chi connectivity index (χ3n) is 5.08. The second kappa shape index (κ2) is 7.08. The van der Waals surface area contributed by atoms with Gasteiger partial charge in [-0.1, -0.05) is 6.08 Å². The zero-order valence-corrected chi connectivity index (χ0v) is 16.9. The maximum absolute atomic E-state index is 14.8. The molecule has 1 aliphatic rings. The molecular weight excluding hydrogens is 417 g/mol. The van der Waals surface area contributed by atoms with Gasteiger partial charge >= 0.3 is 0 Å². The Morgan fingerprint density at radius 1 is 1.24 bits per heavy atom. The third-order valence-corrected chi connectivity index (χ3v) is 6.94. The third kappa shape index (κ3) is 3.09. The van der Waals surface area contributed by atoms with E-state index >= 15 is 0 Å². The van der Waals surface area contributed by atoms with Crippen molar-refractivity contribution in [3.05, 3.63) is 52.5 Å². The summed E-state index contributed by atoms with van der Waals surface area (Å²) in [5.41, 5.74) is 2.81. The van der Waals surface area contributed by atoms with Gasteiger partial charge in [0.2, 0.25) is 0 Å². The maximum Gasteiger partial charge on any atom is 0.176 e. The van der Waals surface area contributed by atoms with Gasteiger partial charge in [0.25, 0.3) is 0 Å². The van der Waals surface area contributed by atoms with E-state index in [1.54, 1.807) is 12.3 Å². The van der Waals surface area contributed by atoms with E-state index in [0.717, 1.165) is 21.0 Å². The van der Waals surface area contributed by atoms with Gasteiger partial charge in [-0.25, -0.2) is 18.7 Å². The van der Waals surface area contributed by atoms with Crippen molar-refractivity contribution in [2.45, 2.75) is 19.4 Å². The van der Waals surface area contributed by atoms with Gasteiger partial charge in [-0.2, -0.15) is 0 Å². The zero-order valence-electron chi connectivity index (χ0n) is 15.2. The van der Waals surface area contributed by atoms with Crippen LogP contribution in [0.2, 0.25) is 0 Å². The number of hydrogen-bond donors (Lipinski definition) is 1. The average molecular weight is 432 g/mol. The molecule has 1 atom stereocenters. The van der Waals surface area contributed by atoms with Gasteiger partial charge in [0.1, 0.15) is 16.0 Å². The van der Waals surface area contributed by atoms with Crippen molar-refractivity contribution >= 4 is 60.1 Å². The van der Waals surface area contributed by atoms with E-state index in [1.165, 1.54) is 34.3 Å². The van der Waals surface area contributed by atoms with Crippen molar-refractivity contribution in [3.63, 3.8) is 0 Å². The summed E-state index contributed by atoms with van der Waals surface area (Å²) in [4.78, 5) is 9.97. The van der Waals surface area contributed by atoms with Crippen molar-refractivity contribution in [1.29, 1.82) is 0 Å². The van der Waals surface area contributed by atoms with E-state index in [0.29, 0.717) is 28.2 Å². The number of halogens is 3. The number of aromatic nitrogens is 2. The van der Waals surface area contributed by atoms with Gasteiger partial charge in [0.05, 0.1) is 21.9 Å². The van der Waals surface area contributed by atoms with Crippen LogP contribution in [0, 0.1) is 11.6 Å². The first-order valence-electron chi connectivity index (χ1n) is 9.02. The van der Waals surface area contributed by atoms with Crippen LogP contribution in [0.25, 0.3) is 26.0 Å². The number of thiophene rings is 1. The first kappa shape index (κ1) is 18.5. The predicted octanol–water partition coefficient (Wildman–Crippen LogP) is 6.29. The second-order valence-electron chi connectivity index (χ2n) is 6.81. The minimum Gasteiger partial charge on any atom is -0.350 e. The molecule has 0 radical (unpaired) electrons. The Morgan fingerprint density at radius 2 is 2.10 bits per heavy atom. The molecule has 0 saturated heterocycles. The second-order valence-corrected chi connectivity index (χ2v) is 8.72. The van der Waals surface area contributed by atoms with Gasteiger partial charge < -0.3 is 5.32 Å². The van der Waals surface area contributed by atoms with Crippen LogP contribution in [0.1, 0.15) is 18.2 Å². The predicted molar refractivity (Wildman–Crippen MR) is 112 cm³/mol. The highest BCUT2D eigenvalue weighted by atomic mass is 32.1.